The Bertz CT molecular complexity index is 368. The first-order valence-electron chi connectivity index (χ1n) is 4.77. The van der Waals surface area contributed by atoms with Crippen LogP contribution < -0.4 is 4.74 Å². The standard InChI is InChI=1S/C11H12ClFO2/c1-14-6-10-4-7-2-9(13)3-8(5-12)11(7)15-10/h2-3,10H,4-6H2,1H3. The van der Waals surface area contributed by atoms with E-state index < -0.39 is 0 Å². The molecule has 1 aromatic carbocycles. The van der Waals surface area contributed by atoms with Crippen molar-refractivity contribution in [3.8, 4) is 5.75 Å². The van der Waals surface area contributed by atoms with Gasteiger partial charge in [-0.3, -0.25) is 0 Å². The van der Waals surface area contributed by atoms with Crippen LogP contribution in [0, 0.1) is 5.82 Å². The van der Waals surface area contributed by atoms with Crippen molar-refractivity contribution in [2.75, 3.05) is 13.7 Å². The van der Waals surface area contributed by atoms with Crippen molar-refractivity contribution in [3.05, 3.63) is 29.1 Å². The Labute approximate surface area is 92.9 Å². The van der Waals surface area contributed by atoms with Crippen LogP contribution >= 0.6 is 11.6 Å². The maximum absolute atomic E-state index is 13.2. The quantitative estimate of drug-likeness (QED) is 0.743. The second-order valence-electron chi connectivity index (χ2n) is 3.59. The highest BCUT2D eigenvalue weighted by Gasteiger charge is 2.25. The molecular formula is C11H12ClFO2. The lowest BCUT2D eigenvalue weighted by molar-refractivity contribution is 0.0947. The van der Waals surface area contributed by atoms with Crippen LogP contribution in [0.3, 0.4) is 0 Å². The number of hydrogen-bond donors (Lipinski definition) is 0. The third-order valence-corrected chi connectivity index (χ3v) is 2.72. The van der Waals surface area contributed by atoms with E-state index in [-0.39, 0.29) is 17.8 Å². The van der Waals surface area contributed by atoms with Crippen LogP contribution in [0.15, 0.2) is 12.1 Å². The van der Waals surface area contributed by atoms with Crippen LogP contribution in [0.25, 0.3) is 0 Å². The number of methoxy groups -OCH3 is 1. The van der Waals surface area contributed by atoms with Crippen LogP contribution in [0.2, 0.25) is 0 Å². The number of alkyl halides is 1. The predicted molar refractivity (Wildman–Crippen MR) is 56.0 cm³/mol. The molecule has 0 saturated heterocycles. The molecule has 4 heteroatoms. The third kappa shape index (κ3) is 2.08. The molecule has 1 aliphatic rings. The molecule has 0 aromatic heterocycles. The Morgan fingerprint density at radius 2 is 2.40 bits per heavy atom. The van der Waals surface area contributed by atoms with Gasteiger partial charge in [0.25, 0.3) is 0 Å². The summed E-state index contributed by atoms with van der Waals surface area (Å²) in [6.45, 7) is 0.512. The van der Waals surface area contributed by atoms with Crippen molar-refractivity contribution in [2.45, 2.75) is 18.4 Å². The van der Waals surface area contributed by atoms with Crippen LogP contribution in [-0.2, 0) is 17.0 Å². The molecule has 2 rings (SSSR count). The first-order chi connectivity index (χ1) is 7.24. The van der Waals surface area contributed by atoms with Crippen LogP contribution in [0.5, 0.6) is 5.75 Å². The number of benzene rings is 1. The minimum Gasteiger partial charge on any atom is -0.487 e. The molecule has 1 aliphatic heterocycles. The van der Waals surface area contributed by atoms with Gasteiger partial charge < -0.3 is 9.47 Å². The zero-order valence-corrected chi connectivity index (χ0v) is 9.18. The Morgan fingerprint density at radius 1 is 1.60 bits per heavy atom. The van der Waals surface area contributed by atoms with E-state index in [0.29, 0.717) is 18.6 Å². The van der Waals surface area contributed by atoms with Gasteiger partial charge in [0, 0.05) is 24.7 Å². The van der Waals surface area contributed by atoms with E-state index in [9.17, 15) is 4.39 Å². The molecular weight excluding hydrogens is 219 g/mol. The summed E-state index contributed by atoms with van der Waals surface area (Å²) in [5.74, 6) is 0.735. The Kier molecular flexibility index (Phi) is 3.12. The second-order valence-corrected chi connectivity index (χ2v) is 3.85. The molecule has 2 nitrogen and oxygen atoms in total. The summed E-state index contributed by atoms with van der Waals surface area (Å²) < 4.78 is 23.8. The van der Waals surface area contributed by atoms with Gasteiger partial charge in [-0.1, -0.05) is 0 Å². The summed E-state index contributed by atoms with van der Waals surface area (Å²) in [4.78, 5) is 0. The molecule has 0 fully saturated rings. The minimum atomic E-state index is -0.258. The van der Waals surface area contributed by atoms with Crippen LogP contribution in [0.1, 0.15) is 11.1 Å². The summed E-state index contributed by atoms with van der Waals surface area (Å²) in [6.07, 6.45) is 0.666. The highest BCUT2D eigenvalue weighted by atomic mass is 35.5. The van der Waals surface area contributed by atoms with E-state index >= 15 is 0 Å². The van der Waals surface area contributed by atoms with E-state index in [1.54, 1.807) is 7.11 Å². The monoisotopic (exact) mass is 230 g/mol. The molecule has 1 heterocycles. The molecule has 0 spiro atoms. The molecule has 0 radical (unpaired) electrons. The summed E-state index contributed by atoms with van der Waals surface area (Å²) in [7, 11) is 1.62. The molecule has 1 unspecified atom stereocenters. The lowest BCUT2D eigenvalue weighted by atomic mass is 10.1. The smallest absolute Gasteiger partial charge is 0.127 e. The van der Waals surface area contributed by atoms with Gasteiger partial charge in [0.15, 0.2) is 0 Å². The molecule has 0 N–H and O–H groups in total. The fraction of sp³-hybridized carbons (Fsp3) is 0.455. The van der Waals surface area contributed by atoms with Gasteiger partial charge in [-0.25, -0.2) is 4.39 Å². The van der Waals surface area contributed by atoms with Crippen LogP contribution in [0.4, 0.5) is 4.39 Å². The SMILES string of the molecule is COCC1Cc2cc(F)cc(CCl)c2O1. The van der Waals surface area contributed by atoms with Crippen molar-refractivity contribution >= 4 is 11.6 Å². The van der Waals surface area contributed by atoms with Gasteiger partial charge >= 0.3 is 0 Å². The maximum Gasteiger partial charge on any atom is 0.127 e. The van der Waals surface area contributed by atoms with Crippen molar-refractivity contribution < 1.29 is 13.9 Å². The molecule has 1 aromatic rings. The van der Waals surface area contributed by atoms with Crippen molar-refractivity contribution in [2.24, 2.45) is 0 Å². The Morgan fingerprint density at radius 3 is 3.07 bits per heavy atom. The van der Waals surface area contributed by atoms with Gasteiger partial charge in [-0.15, -0.1) is 11.6 Å². The number of ether oxygens (including phenoxy) is 2. The first-order valence-corrected chi connectivity index (χ1v) is 5.31. The van der Waals surface area contributed by atoms with E-state index in [0.717, 1.165) is 11.3 Å². The third-order valence-electron chi connectivity index (χ3n) is 2.44. The zero-order valence-electron chi connectivity index (χ0n) is 8.43. The molecule has 82 valence electrons. The fourth-order valence-electron chi connectivity index (χ4n) is 1.85. The molecule has 1 atom stereocenters. The summed E-state index contributed by atoms with van der Waals surface area (Å²) in [5.41, 5.74) is 1.60. The topological polar surface area (TPSA) is 18.5 Å². The highest BCUT2D eigenvalue weighted by Crippen LogP contribution is 2.34. The summed E-state index contributed by atoms with van der Waals surface area (Å²) >= 11 is 5.73. The molecule has 0 bridgehead atoms. The van der Waals surface area contributed by atoms with Crippen molar-refractivity contribution in [1.82, 2.24) is 0 Å². The van der Waals surface area contributed by atoms with Gasteiger partial charge in [-0.2, -0.15) is 0 Å². The van der Waals surface area contributed by atoms with Crippen LogP contribution in [-0.4, -0.2) is 19.8 Å². The lowest BCUT2D eigenvalue weighted by Gasteiger charge is -2.10. The predicted octanol–water partition coefficient (Wildman–Crippen LogP) is 2.51. The van der Waals surface area contributed by atoms with Gasteiger partial charge in [-0.05, 0) is 12.1 Å². The average molecular weight is 231 g/mol. The number of halogens is 2. The van der Waals surface area contributed by atoms with E-state index in [1.165, 1.54) is 12.1 Å². The molecule has 0 amide bonds. The normalized spacial score (nSPS) is 18.7. The highest BCUT2D eigenvalue weighted by molar-refractivity contribution is 6.17. The van der Waals surface area contributed by atoms with E-state index in [1.807, 2.05) is 0 Å². The average Bonchev–Trinajstić information content (AvgIpc) is 2.59. The molecule has 0 aliphatic carbocycles. The zero-order chi connectivity index (χ0) is 10.8. The maximum atomic E-state index is 13.2. The van der Waals surface area contributed by atoms with Gasteiger partial charge in [0.1, 0.15) is 17.7 Å². The van der Waals surface area contributed by atoms with Gasteiger partial charge in [0.05, 0.1) is 12.5 Å². The van der Waals surface area contributed by atoms with Crippen molar-refractivity contribution in [3.63, 3.8) is 0 Å². The van der Waals surface area contributed by atoms with E-state index in [2.05, 4.69) is 0 Å². The fourth-order valence-corrected chi connectivity index (χ4v) is 2.05. The van der Waals surface area contributed by atoms with Crippen molar-refractivity contribution in [1.29, 1.82) is 0 Å². The Balaban J connectivity index is 2.28. The summed E-state index contributed by atoms with van der Waals surface area (Å²) in [6, 6.07) is 2.92. The van der Waals surface area contributed by atoms with Gasteiger partial charge in [0.2, 0.25) is 0 Å². The first kappa shape index (κ1) is 10.7. The lowest BCUT2D eigenvalue weighted by Crippen LogP contribution is -2.19. The molecule has 15 heavy (non-hydrogen) atoms. The largest absolute Gasteiger partial charge is 0.487 e. The number of rotatable bonds is 3. The van der Waals surface area contributed by atoms with E-state index in [4.69, 9.17) is 21.1 Å². The summed E-state index contributed by atoms with van der Waals surface area (Å²) in [5, 5.41) is 0. The number of fused-ring (bicyclic) bond motifs is 1. The Hall–Kier alpha value is -0.800. The number of hydrogen-bond acceptors (Lipinski definition) is 2. The second kappa shape index (κ2) is 4.37. The molecule has 0 saturated carbocycles. The minimum absolute atomic E-state index is 0.0197.